The summed E-state index contributed by atoms with van der Waals surface area (Å²) in [6, 6.07) is 8.16. The number of aromatic nitrogens is 1. The first-order valence-corrected chi connectivity index (χ1v) is 13.1. The number of anilines is 1. The fourth-order valence-corrected chi connectivity index (χ4v) is 4.09. The predicted molar refractivity (Wildman–Crippen MR) is 149 cm³/mol. The molecule has 0 aliphatic heterocycles. The third-order valence-electron chi connectivity index (χ3n) is 6.04. The van der Waals surface area contributed by atoms with Gasteiger partial charge in [-0.1, -0.05) is 23.7 Å². The minimum absolute atomic E-state index is 0.00146. The van der Waals surface area contributed by atoms with E-state index in [4.69, 9.17) is 27.2 Å². The molecule has 1 aromatic heterocycles. The lowest BCUT2D eigenvalue weighted by atomic mass is 10.1. The zero-order valence-electron chi connectivity index (χ0n) is 22.2. The zero-order chi connectivity index (χ0) is 29.9. The Bertz CT molecular complexity index is 1380. The number of fused-ring (bicyclic) bond motifs is 1. The second-order valence-corrected chi connectivity index (χ2v) is 9.48. The maximum Gasteiger partial charge on any atom is 0.412 e. The average Bonchev–Trinajstić information content (AvgIpc) is 2.94. The highest BCUT2D eigenvalue weighted by molar-refractivity contribution is 6.31. The molecule has 3 aromatic rings. The molecule has 2 aromatic carbocycles. The summed E-state index contributed by atoms with van der Waals surface area (Å²) >= 11 is 6.04. The van der Waals surface area contributed by atoms with Gasteiger partial charge in [0.2, 0.25) is 11.8 Å². The van der Waals surface area contributed by atoms with Crippen molar-refractivity contribution in [2.45, 2.75) is 38.4 Å². The molecule has 0 spiro atoms. The Hall–Kier alpha value is -3.91. The van der Waals surface area contributed by atoms with Gasteiger partial charge in [0, 0.05) is 31.6 Å². The van der Waals surface area contributed by atoms with Gasteiger partial charge in [-0.25, -0.2) is 24.0 Å². The Balaban J connectivity index is 1.67. The Labute approximate surface area is 240 Å². The zero-order valence-corrected chi connectivity index (χ0v) is 23.0. The Morgan fingerprint density at radius 3 is 2.68 bits per heavy atom. The highest BCUT2D eigenvalue weighted by atomic mass is 35.5. The minimum Gasteiger partial charge on any atom is -0.447 e. The van der Waals surface area contributed by atoms with Gasteiger partial charge in [0.1, 0.15) is 30.1 Å². The summed E-state index contributed by atoms with van der Waals surface area (Å²) in [7, 11) is 0. The summed E-state index contributed by atoms with van der Waals surface area (Å²) in [5.41, 5.74) is 8.81. The Morgan fingerprint density at radius 2 is 1.95 bits per heavy atom. The Morgan fingerprint density at radius 1 is 1.17 bits per heavy atom. The highest BCUT2D eigenvalue weighted by Crippen LogP contribution is 2.20. The molecule has 1 unspecified atom stereocenters. The fourth-order valence-electron chi connectivity index (χ4n) is 3.90. The molecule has 0 saturated carbocycles. The van der Waals surface area contributed by atoms with Crippen molar-refractivity contribution in [3.05, 3.63) is 70.9 Å². The first kappa shape index (κ1) is 31.6. The van der Waals surface area contributed by atoms with Gasteiger partial charge < -0.3 is 20.9 Å². The molecule has 3 rings (SSSR count). The molecule has 1 heterocycles. The van der Waals surface area contributed by atoms with Crippen molar-refractivity contribution in [3.63, 3.8) is 0 Å². The minimum atomic E-state index is -1.07. The lowest BCUT2D eigenvalue weighted by molar-refractivity contribution is -0.136. The molecule has 0 bridgehead atoms. The van der Waals surface area contributed by atoms with Gasteiger partial charge in [-0.2, -0.15) is 0 Å². The number of aliphatic hydroxyl groups excluding tert-OH is 1. The van der Waals surface area contributed by atoms with E-state index in [-0.39, 0.29) is 37.0 Å². The van der Waals surface area contributed by atoms with Crippen LogP contribution >= 0.6 is 11.6 Å². The number of nitrogens with zero attached hydrogens (tertiary/aromatic N) is 2. The second kappa shape index (κ2) is 15.2. The smallest absolute Gasteiger partial charge is 0.412 e. The van der Waals surface area contributed by atoms with Gasteiger partial charge in [0.25, 0.3) is 0 Å². The van der Waals surface area contributed by atoms with Crippen LogP contribution in [0.25, 0.3) is 10.8 Å². The van der Waals surface area contributed by atoms with Crippen LogP contribution in [0.3, 0.4) is 0 Å². The topological polar surface area (TPSA) is 159 Å². The third-order valence-corrected chi connectivity index (χ3v) is 6.47. The third kappa shape index (κ3) is 9.32. The number of halogens is 3. The number of benzene rings is 2. The molecular weight excluding hydrogens is 562 g/mol. The largest absolute Gasteiger partial charge is 0.447 e. The average molecular weight is 593 g/mol. The van der Waals surface area contributed by atoms with Crippen LogP contribution in [0.2, 0.25) is 5.02 Å². The predicted octanol–water partition coefficient (Wildman–Crippen LogP) is 2.85. The molecule has 220 valence electrons. The molecule has 41 heavy (non-hydrogen) atoms. The van der Waals surface area contributed by atoms with E-state index in [2.05, 4.69) is 21.0 Å². The van der Waals surface area contributed by atoms with Crippen LogP contribution in [0, 0.1) is 11.6 Å². The van der Waals surface area contributed by atoms with Crippen molar-refractivity contribution in [1.82, 2.24) is 20.7 Å². The van der Waals surface area contributed by atoms with Crippen molar-refractivity contribution >= 4 is 46.1 Å². The lowest BCUT2D eigenvalue weighted by Crippen LogP contribution is -2.51. The number of nitrogens with one attached hydrogen (secondary N) is 3. The normalized spacial score (nSPS) is 12.4. The van der Waals surface area contributed by atoms with E-state index in [0.717, 1.165) is 0 Å². The molecule has 3 amide bonds. The van der Waals surface area contributed by atoms with Crippen molar-refractivity contribution in [2.75, 3.05) is 25.1 Å². The van der Waals surface area contributed by atoms with Crippen LogP contribution in [-0.2, 0) is 20.9 Å². The van der Waals surface area contributed by atoms with Gasteiger partial charge in [0.05, 0.1) is 17.7 Å². The van der Waals surface area contributed by atoms with Crippen molar-refractivity contribution in [2.24, 2.45) is 5.73 Å². The number of carbonyl (C=O) groups excluding carboxylic acids is 3. The van der Waals surface area contributed by atoms with Crippen LogP contribution < -0.4 is 21.8 Å². The molecule has 0 saturated heterocycles. The van der Waals surface area contributed by atoms with Crippen LogP contribution in [0.15, 0.2) is 48.7 Å². The van der Waals surface area contributed by atoms with Gasteiger partial charge in [-0.3, -0.25) is 19.9 Å². The molecule has 0 aliphatic rings. The summed E-state index contributed by atoms with van der Waals surface area (Å²) in [4.78, 5) is 41.1. The van der Waals surface area contributed by atoms with Crippen molar-refractivity contribution in [3.8, 4) is 0 Å². The van der Waals surface area contributed by atoms with Crippen molar-refractivity contribution in [1.29, 1.82) is 0 Å². The number of amides is 3. The Kier molecular flexibility index (Phi) is 11.7. The molecule has 14 heteroatoms. The number of rotatable bonds is 13. The summed E-state index contributed by atoms with van der Waals surface area (Å²) in [5.74, 6) is -1.87. The number of ether oxygens (including phenoxy) is 1. The summed E-state index contributed by atoms with van der Waals surface area (Å²) in [6.45, 7) is 0.699. The number of nitrogens with two attached hydrogens (primary N) is 1. The quantitative estimate of drug-likeness (QED) is 0.150. The van der Waals surface area contributed by atoms with Crippen LogP contribution in [0.4, 0.5) is 19.4 Å². The van der Waals surface area contributed by atoms with Crippen LogP contribution in [-0.4, -0.2) is 64.8 Å². The molecular formula is C27H31ClF2N6O5. The maximum atomic E-state index is 13.9. The summed E-state index contributed by atoms with van der Waals surface area (Å²) < 4.78 is 32.8. The number of carbonyl (C=O) groups is 3. The summed E-state index contributed by atoms with van der Waals surface area (Å²) in [6.07, 6.45) is 1.23. The molecule has 0 aliphatic carbocycles. The van der Waals surface area contributed by atoms with Gasteiger partial charge in [0.15, 0.2) is 0 Å². The molecule has 11 nitrogen and oxygen atoms in total. The fraction of sp³-hybridized carbons (Fsp3) is 0.333. The molecule has 6 N–H and O–H groups in total. The number of pyridine rings is 1. The van der Waals surface area contributed by atoms with E-state index < -0.39 is 48.2 Å². The SMILES string of the molecule is CC(=O)N(NCc1cccc(F)c1Cl)[C@@H](CCCNC(=O)C(N)CO)COC(=O)Nc1cc2cc(F)ccc2cn1. The lowest BCUT2D eigenvalue weighted by Gasteiger charge is -2.31. The molecule has 0 fully saturated rings. The standard InChI is InChI=1S/C27H31ClF2N6O5/c1-16(38)36(34-13-18-4-2-6-22(30)25(18)28)21(5-3-9-32-26(39)23(31)14-37)15-41-27(40)35-24-11-19-10-20(29)8-7-17(19)12-33-24/h2,4,6-8,10-12,21,23,34,37H,3,5,9,13-15,31H2,1H3,(H,32,39)(H,33,35,40)/t21-,23?/m0/s1. The van der Waals surface area contributed by atoms with Gasteiger partial charge >= 0.3 is 6.09 Å². The first-order chi connectivity index (χ1) is 19.6. The van der Waals surface area contributed by atoms with Crippen LogP contribution in [0.1, 0.15) is 25.3 Å². The molecule has 0 radical (unpaired) electrons. The van der Waals surface area contributed by atoms with E-state index in [1.165, 1.54) is 48.5 Å². The maximum absolute atomic E-state index is 13.9. The van der Waals surface area contributed by atoms with E-state index in [0.29, 0.717) is 22.8 Å². The number of hydrogen-bond donors (Lipinski definition) is 5. The van der Waals surface area contributed by atoms with E-state index in [9.17, 15) is 23.2 Å². The van der Waals surface area contributed by atoms with E-state index >= 15 is 0 Å². The monoisotopic (exact) mass is 592 g/mol. The molecule has 2 atom stereocenters. The van der Waals surface area contributed by atoms with E-state index in [1.807, 2.05) is 0 Å². The number of hydrogen-bond acceptors (Lipinski definition) is 8. The first-order valence-electron chi connectivity index (χ1n) is 12.7. The second-order valence-electron chi connectivity index (χ2n) is 9.10. The highest BCUT2D eigenvalue weighted by Gasteiger charge is 2.24. The summed E-state index contributed by atoms with van der Waals surface area (Å²) in [5, 5.41) is 16.4. The van der Waals surface area contributed by atoms with E-state index in [1.54, 1.807) is 12.1 Å². The van der Waals surface area contributed by atoms with Crippen molar-refractivity contribution < 1.29 is 33.0 Å². The van der Waals surface area contributed by atoms with Gasteiger partial charge in [-0.05, 0) is 54.1 Å². The van der Waals surface area contributed by atoms with Gasteiger partial charge in [-0.15, -0.1) is 0 Å². The number of aliphatic hydroxyl groups is 1. The number of hydrazine groups is 1. The van der Waals surface area contributed by atoms with Crippen LogP contribution in [0.5, 0.6) is 0 Å².